The molecule has 1 aliphatic heterocycles. The summed E-state index contributed by atoms with van der Waals surface area (Å²) in [6.07, 6.45) is 5.79. The summed E-state index contributed by atoms with van der Waals surface area (Å²) in [5, 5.41) is 0. The lowest BCUT2D eigenvalue weighted by Gasteiger charge is -2.33. The fraction of sp³-hybridized carbons (Fsp3) is 0.333. The van der Waals surface area contributed by atoms with Crippen molar-refractivity contribution in [1.29, 1.82) is 0 Å². The summed E-state index contributed by atoms with van der Waals surface area (Å²) in [6, 6.07) is 14.4. The molecule has 0 radical (unpaired) electrons. The molecule has 1 aromatic heterocycles. The Kier molecular flexibility index (Phi) is 5.11. The van der Waals surface area contributed by atoms with Crippen LogP contribution in [0.4, 0.5) is 0 Å². The van der Waals surface area contributed by atoms with Gasteiger partial charge >= 0.3 is 0 Å². The Morgan fingerprint density at radius 1 is 1.18 bits per heavy atom. The van der Waals surface area contributed by atoms with Crippen molar-refractivity contribution in [2.24, 2.45) is 0 Å². The molecule has 0 bridgehead atoms. The zero-order valence-corrected chi connectivity index (χ0v) is 13.3. The molecular formula is C18H20N2OS. The molecule has 0 aliphatic carbocycles. The number of piperidine rings is 1. The number of amides is 1. The number of thioether (sulfide) groups is 1. The van der Waals surface area contributed by atoms with Crippen molar-refractivity contribution in [2.45, 2.75) is 23.7 Å². The van der Waals surface area contributed by atoms with Gasteiger partial charge in [0.05, 0.1) is 5.75 Å². The maximum absolute atomic E-state index is 12.4. The van der Waals surface area contributed by atoms with Crippen LogP contribution in [0, 0.1) is 0 Å². The van der Waals surface area contributed by atoms with E-state index < -0.39 is 0 Å². The Labute approximate surface area is 135 Å². The molecule has 3 rings (SSSR count). The smallest absolute Gasteiger partial charge is 0.232 e. The van der Waals surface area contributed by atoms with Gasteiger partial charge in [0.1, 0.15) is 0 Å². The fourth-order valence-electron chi connectivity index (χ4n) is 2.87. The second-order valence-electron chi connectivity index (χ2n) is 5.56. The molecule has 2 aromatic rings. The predicted molar refractivity (Wildman–Crippen MR) is 90.0 cm³/mol. The second-order valence-corrected chi connectivity index (χ2v) is 6.61. The van der Waals surface area contributed by atoms with Crippen molar-refractivity contribution < 1.29 is 4.79 Å². The molecule has 1 fully saturated rings. The number of hydrogen-bond donors (Lipinski definition) is 0. The number of aromatic nitrogens is 1. The van der Waals surface area contributed by atoms with Crippen molar-refractivity contribution in [2.75, 3.05) is 18.8 Å². The number of carbonyl (C=O) groups excluding carboxylic acids is 1. The van der Waals surface area contributed by atoms with Crippen LogP contribution in [0.25, 0.3) is 0 Å². The third kappa shape index (κ3) is 3.89. The Balaban J connectivity index is 1.56. The van der Waals surface area contributed by atoms with Crippen LogP contribution in [0.5, 0.6) is 0 Å². The van der Waals surface area contributed by atoms with Gasteiger partial charge < -0.3 is 4.90 Å². The van der Waals surface area contributed by atoms with E-state index in [0.717, 1.165) is 24.4 Å². The standard InChI is InChI=1S/C18H20N2OS/c21-18(14-22-17-8-10-19-11-9-17)20-12-4-7-16(13-20)15-5-2-1-3-6-15/h1-3,5-6,8-11,16H,4,7,12-14H2. The third-order valence-corrected chi connectivity index (χ3v) is 5.05. The van der Waals surface area contributed by atoms with Crippen molar-refractivity contribution in [3.63, 3.8) is 0 Å². The van der Waals surface area contributed by atoms with Gasteiger partial charge in [0.2, 0.25) is 5.91 Å². The molecule has 2 heterocycles. The molecule has 1 aromatic carbocycles. The molecule has 0 N–H and O–H groups in total. The Morgan fingerprint density at radius 3 is 2.73 bits per heavy atom. The van der Waals surface area contributed by atoms with Crippen LogP contribution in [0.3, 0.4) is 0 Å². The first-order chi connectivity index (χ1) is 10.8. The van der Waals surface area contributed by atoms with E-state index in [9.17, 15) is 4.79 Å². The molecule has 22 heavy (non-hydrogen) atoms. The van der Waals surface area contributed by atoms with E-state index in [2.05, 4.69) is 29.2 Å². The van der Waals surface area contributed by atoms with Gasteiger partial charge in [-0.2, -0.15) is 0 Å². The van der Waals surface area contributed by atoms with E-state index in [1.54, 1.807) is 24.2 Å². The lowest BCUT2D eigenvalue weighted by atomic mass is 9.91. The lowest BCUT2D eigenvalue weighted by Crippen LogP contribution is -2.40. The largest absolute Gasteiger partial charge is 0.341 e. The van der Waals surface area contributed by atoms with Crippen LogP contribution in [0.1, 0.15) is 24.3 Å². The number of benzene rings is 1. The molecule has 1 aliphatic rings. The summed E-state index contributed by atoms with van der Waals surface area (Å²) in [4.78, 5) is 19.6. The van der Waals surface area contributed by atoms with Gasteiger partial charge in [0.15, 0.2) is 0 Å². The topological polar surface area (TPSA) is 33.2 Å². The average Bonchev–Trinajstić information content (AvgIpc) is 2.61. The van der Waals surface area contributed by atoms with Crippen LogP contribution >= 0.6 is 11.8 Å². The highest BCUT2D eigenvalue weighted by molar-refractivity contribution is 8.00. The van der Waals surface area contributed by atoms with Crippen molar-refractivity contribution in [3.8, 4) is 0 Å². The van der Waals surface area contributed by atoms with Crippen LogP contribution in [0.2, 0.25) is 0 Å². The predicted octanol–water partition coefficient (Wildman–Crippen LogP) is 3.58. The minimum absolute atomic E-state index is 0.238. The average molecular weight is 312 g/mol. The zero-order chi connectivity index (χ0) is 15.2. The number of pyridine rings is 1. The first kappa shape index (κ1) is 15.1. The second kappa shape index (κ2) is 7.45. The van der Waals surface area contributed by atoms with Gasteiger partial charge in [0.25, 0.3) is 0 Å². The monoisotopic (exact) mass is 312 g/mol. The fourth-order valence-corrected chi connectivity index (χ4v) is 3.66. The third-order valence-electron chi connectivity index (χ3n) is 4.06. The van der Waals surface area contributed by atoms with Gasteiger partial charge in [-0.3, -0.25) is 9.78 Å². The Hall–Kier alpha value is -1.81. The highest BCUT2D eigenvalue weighted by atomic mass is 32.2. The number of likely N-dealkylation sites (tertiary alicyclic amines) is 1. The minimum atomic E-state index is 0.238. The molecule has 3 nitrogen and oxygen atoms in total. The molecule has 1 unspecified atom stereocenters. The molecule has 1 atom stereocenters. The summed E-state index contributed by atoms with van der Waals surface area (Å²) in [6.45, 7) is 1.73. The molecule has 1 amide bonds. The van der Waals surface area contributed by atoms with Crippen molar-refractivity contribution >= 4 is 17.7 Å². The normalized spacial score (nSPS) is 18.2. The van der Waals surface area contributed by atoms with Crippen molar-refractivity contribution in [3.05, 3.63) is 60.4 Å². The zero-order valence-electron chi connectivity index (χ0n) is 12.5. The number of nitrogens with zero attached hydrogens (tertiary/aromatic N) is 2. The summed E-state index contributed by atoms with van der Waals surface area (Å²) >= 11 is 1.59. The van der Waals surface area contributed by atoms with Gasteiger partial charge in [0, 0.05) is 36.3 Å². The molecule has 0 saturated carbocycles. The van der Waals surface area contributed by atoms with E-state index in [4.69, 9.17) is 0 Å². The van der Waals surface area contributed by atoms with E-state index in [1.807, 2.05) is 23.1 Å². The summed E-state index contributed by atoms with van der Waals surface area (Å²) in [5.41, 5.74) is 1.35. The highest BCUT2D eigenvalue weighted by Crippen LogP contribution is 2.27. The minimum Gasteiger partial charge on any atom is -0.341 e. The van der Waals surface area contributed by atoms with E-state index >= 15 is 0 Å². The SMILES string of the molecule is O=C(CSc1ccncc1)N1CCCC(c2ccccc2)C1. The van der Waals surface area contributed by atoms with E-state index in [-0.39, 0.29) is 5.91 Å². The maximum atomic E-state index is 12.4. The molecular weight excluding hydrogens is 292 g/mol. The Morgan fingerprint density at radius 2 is 1.95 bits per heavy atom. The Bertz CT molecular complexity index is 603. The van der Waals surface area contributed by atoms with Crippen LogP contribution in [0.15, 0.2) is 59.8 Å². The first-order valence-electron chi connectivity index (χ1n) is 7.68. The maximum Gasteiger partial charge on any atom is 0.232 e. The number of carbonyl (C=O) groups is 1. The summed E-state index contributed by atoms with van der Waals surface area (Å²) < 4.78 is 0. The van der Waals surface area contributed by atoms with Crippen LogP contribution < -0.4 is 0 Å². The van der Waals surface area contributed by atoms with Crippen molar-refractivity contribution in [1.82, 2.24) is 9.88 Å². The summed E-state index contributed by atoms with van der Waals surface area (Å²) in [5.74, 6) is 1.22. The van der Waals surface area contributed by atoms with Crippen LogP contribution in [-0.2, 0) is 4.79 Å². The van der Waals surface area contributed by atoms with Gasteiger partial charge in [-0.15, -0.1) is 11.8 Å². The lowest BCUT2D eigenvalue weighted by molar-refractivity contribution is -0.129. The molecule has 114 valence electrons. The summed E-state index contributed by atoms with van der Waals surface area (Å²) in [7, 11) is 0. The van der Waals surface area contributed by atoms with E-state index in [1.165, 1.54) is 12.0 Å². The number of rotatable bonds is 4. The van der Waals surface area contributed by atoms with Crippen LogP contribution in [-0.4, -0.2) is 34.6 Å². The number of hydrogen-bond acceptors (Lipinski definition) is 3. The van der Waals surface area contributed by atoms with Gasteiger partial charge in [-0.1, -0.05) is 30.3 Å². The highest BCUT2D eigenvalue weighted by Gasteiger charge is 2.24. The first-order valence-corrected chi connectivity index (χ1v) is 8.67. The quantitative estimate of drug-likeness (QED) is 0.809. The molecule has 0 spiro atoms. The van der Waals surface area contributed by atoms with Gasteiger partial charge in [-0.25, -0.2) is 0 Å². The molecule has 4 heteroatoms. The molecule has 1 saturated heterocycles. The van der Waals surface area contributed by atoms with E-state index in [0.29, 0.717) is 11.7 Å². The van der Waals surface area contributed by atoms with Gasteiger partial charge in [-0.05, 0) is 30.5 Å².